The monoisotopic (exact) mass is 194 g/mol. The normalized spacial score (nSPS) is 18.4. The Morgan fingerprint density at radius 1 is 1.57 bits per heavy atom. The van der Waals surface area contributed by atoms with Gasteiger partial charge in [0.15, 0.2) is 0 Å². The van der Waals surface area contributed by atoms with Gasteiger partial charge in [-0.1, -0.05) is 19.0 Å². The first-order chi connectivity index (χ1) is 6.76. The molecule has 1 aliphatic carbocycles. The molecule has 1 saturated carbocycles. The third-order valence-corrected chi connectivity index (χ3v) is 2.93. The smallest absolute Gasteiger partial charge is 0.147 e. The van der Waals surface area contributed by atoms with Crippen LogP contribution in [-0.2, 0) is 12.0 Å². The summed E-state index contributed by atoms with van der Waals surface area (Å²) in [4.78, 5) is 0. The van der Waals surface area contributed by atoms with E-state index in [9.17, 15) is 0 Å². The molecule has 0 aromatic carbocycles. The van der Waals surface area contributed by atoms with Gasteiger partial charge in [-0.3, -0.25) is 0 Å². The van der Waals surface area contributed by atoms with Crippen LogP contribution in [0, 0.1) is 0 Å². The van der Waals surface area contributed by atoms with Crippen LogP contribution in [0.4, 0.5) is 0 Å². The van der Waals surface area contributed by atoms with Gasteiger partial charge in [-0.15, -0.1) is 0 Å². The van der Waals surface area contributed by atoms with E-state index in [1.807, 2.05) is 6.20 Å². The molecule has 1 aliphatic rings. The van der Waals surface area contributed by atoms with Crippen LogP contribution in [0.3, 0.4) is 0 Å². The molecule has 1 aromatic heterocycles. The van der Waals surface area contributed by atoms with Crippen molar-refractivity contribution in [3.8, 4) is 0 Å². The van der Waals surface area contributed by atoms with Crippen molar-refractivity contribution >= 4 is 0 Å². The third-order valence-electron chi connectivity index (χ3n) is 2.93. The molecular weight excluding hydrogens is 176 g/mol. The van der Waals surface area contributed by atoms with Crippen LogP contribution in [0.5, 0.6) is 0 Å². The molecule has 0 radical (unpaired) electrons. The van der Waals surface area contributed by atoms with Gasteiger partial charge in [0.1, 0.15) is 5.76 Å². The van der Waals surface area contributed by atoms with E-state index in [-0.39, 0.29) is 0 Å². The molecular formula is C11H18N2O. The minimum absolute atomic E-state index is 0.291. The molecule has 14 heavy (non-hydrogen) atoms. The fourth-order valence-electron chi connectivity index (χ4n) is 1.70. The second kappa shape index (κ2) is 3.73. The minimum atomic E-state index is 0.291. The zero-order valence-corrected chi connectivity index (χ0v) is 8.97. The quantitative estimate of drug-likeness (QED) is 0.730. The highest BCUT2D eigenvalue weighted by Gasteiger charge is 2.44. The third kappa shape index (κ3) is 1.82. The van der Waals surface area contributed by atoms with E-state index in [2.05, 4.69) is 24.3 Å². The summed E-state index contributed by atoms with van der Waals surface area (Å²) in [7, 11) is 0. The molecule has 0 atom stereocenters. The standard InChI is InChI=1S/C11H18N2O/c1-3-6-12-7-9-8-13-14-10(9)11(2)4-5-11/h8,12H,3-7H2,1-2H3. The van der Waals surface area contributed by atoms with E-state index in [4.69, 9.17) is 4.52 Å². The van der Waals surface area contributed by atoms with Crippen LogP contribution in [0.25, 0.3) is 0 Å². The summed E-state index contributed by atoms with van der Waals surface area (Å²) in [5.41, 5.74) is 1.53. The summed E-state index contributed by atoms with van der Waals surface area (Å²) in [6.07, 6.45) is 5.49. The summed E-state index contributed by atoms with van der Waals surface area (Å²) in [6.45, 7) is 6.37. The van der Waals surface area contributed by atoms with Crippen LogP contribution in [0.1, 0.15) is 44.4 Å². The highest BCUT2D eigenvalue weighted by Crippen LogP contribution is 2.48. The average molecular weight is 194 g/mol. The van der Waals surface area contributed by atoms with Gasteiger partial charge in [0, 0.05) is 17.5 Å². The van der Waals surface area contributed by atoms with Gasteiger partial charge in [-0.2, -0.15) is 0 Å². The van der Waals surface area contributed by atoms with Crippen molar-refractivity contribution in [3.63, 3.8) is 0 Å². The Hall–Kier alpha value is -0.830. The number of rotatable bonds is 5. The van der Waals surface area contributed by atoms with Gasteiger partial charge in [-0.05, 0) is 25.8 Å². The van der Waals surface area contributed by atoms with Gasteiger partial charge in [0.05, 0.1) is 6.20 Å². The van der Waals surface area contributed by atoms with Crippen molar-refractivity contribution < 1.29 is 4.52 Å². The maximum absolute atomic E-state index is 5.33. The lowest BCUT2D eigenvalue weighted by atomic mass is 10.0. The molecule has 2 rings (SSSR count). The van der Waals surface area contributed by atoms with E-state index < -0.39 is 0 Å². The molecule has 0 amide bonds. The van der Waals surface area contributed by atoms with Crippen molar-refractivity contribution in [2.24, 2.45) is 0 Å². The Bertz CT molecular complexity index is 302. The maximum Gasteiger partial charge on any atom is 0.147 e. The molecule has 0 saturated heterocycles. The van der Waals surface area contributed by atoms with E-state index in [1.165, 1.54) is 18.4 Å². The number of hydrogen-bond donors (Lipinski definition) is 1. The molecule has 3 nitrogen and oxygen atoms in total. The molecule has 0 spiro atoms. The van der Waals surface area contributed by atoms with Gasteiger partial charge in [-0.25, -0.2) is 0 Å². The summed E-state index contributed by atoms with van der Waals surface area (Å²) < 4.78 is 5.33. The average Bonchev–Trinajstić information content (AvgIpc) is 2.76. The molecule has 1 N–H and O–H groups in total. The molecule has 1 fully saturated rings. The Morgan fingerprint density at radius 3 is 3.00 bits per heavy atom. The molecule has 78 valence electrons. The second-order valence-electron chi connectivity index (χ2n) is 4.42. The van der Waals surface area contributed by atoms with Crippen LogP contribution >= 0.6 is 0 Å². The van der Waals surface area contributed by atoms with Crippen LogP contribution in [-0.4, -0.2) is 11.7 Å². The number of nitrogens with zero attached hydrogens (tertiary/aromatic N) is 1. The van der Waals surface area contributed by atoms with Crippen LogP contribution in [0.2, 0.25) is 0 Å². The molecule has 1 aromatic rings. The fraction of sp³-hybridized carbons (Fsp3) is 0.727. The predicted molar refractivity (Wildman–Crippen MR) is 55.1 cm³/mol. The zero-order chi connectivity index (χ0) is 10.0. The highest BCUT2D eigenvalue weighted by molar-refractivity contribution is 5.27. The van der Waals surface area contributed by atoms with E-state index >= 15 is 0 Å². The summed E-state index contributed by atoms with van der Waals surface area (Å²) in [5.74, 6) is 1.10. The minimum Gasteiger partial charge on any atom is -0.360 e. The summed E-state index contributed by atoms with van der Waals surface area (Å²) >= 11 is 0. The second-order valence-corrected chi connectivity index (χ2v) is 4.42. The fourth-order valence-corrected chi connectivity index (χ4v) is 1.70. The first-order valence-electron chi connectivity index (χ1n) is 5.41. The lowest BCUT2D eigenvalue weighted by Crippen LogP contribution is -2.15. The maximum atomic E-state index is 5.33. The van der Waals surface area contributed by atoms with Gasteiger partial charge >= 0.3 is 0 Å². The first kappa shape index (κ1) is 9.71. The lowest BCUT2D eigenvalue weighted by molar-refractivity contribution is 0.357. The summed E-state index contributed by atoms with van der Waals surface area (Å²) in [5, 5.41) is 7.27. The largest absolute Gasteiger partial charge is 0.360 e. The predicted octanol–water partition coefficient (Wildman–Crippen LogP) is 2.23. The van der Waals surface area contributed by atoms with Crippen LogP contribution < -0.4 is 5.32 Å². The van der Waals surface area contributed by atoms with Crippen molar-refractivity contribution in [1.29, 1.82) is 0 Å². The highest BCUT2D eigenvalue weighted by atomic mass is 16.5. The summed E-state index contributed by atoms with van der Waals surface area (Å²) in [6, 6.07) is 0. The van der Waals surface area contributed by atoms with Crippen molar-refractivity contribution in [2.75, 3.05) is 6.54 Å². The van der Waals surface area contributed by atoms with Crippen molar-refractivity contribution in [3.05, 3.63) is 17.5 Å². The Labute approximate surface area is 84.9 Å². The SMILES string of the molecule is CCCNCc1cnoc1C1(C)CC1. The zero-order valence-electron chi connectivity index (χ0n) is 8.97. The molecule has 0 aliphatic heterocycles. The van der Waals surface area contributed by atoms with Crippen LogP contribution in [0.15, 0.2) is 10.7 Å². The number of aromatic nitrogens is 1. The van der Waals surface area contributed by atoms with Gasteiger partial charge in [0.2, 0.25) is 0 Å². The van der Waals surface area contributed by atoms with E-state index in [0.29, 0.717) is 5.41 Å². The van der Waals surface area contributed by atoms with E-state index in [0.717, 1.165) is 25.3 Å². The Morgan fingerprint density at radius 2 is 2.36 bits per heavy atom. The molecule has 3 heteroatoms. The van der Waals surface area contributed by atoms with Gasteiger partial charge < -0.3 is 9.84 Å². The van der Waals surface area contributed by atoms with Crippen molar-refractivity contribution in [1.82, 2.24) is 10.5 Å². The first-order valence-corrected chi connectivity index (χ1v) is 5.41. The molecule has 0 bridgehead atoms. The van der Waals surface area contributed by atoms with E-state index in [1.54, 1.807) is 0 Å². The van der Waals surface area contributed by atoms with Crippen molar-refractivity contribution in [2.45, 2.75) is 45.1 Å². The van der Waals surface area contributed by atoms with Gasteiger partial charge in [0.25, 0.3) is 0 Å². The molecule has 0 unspecified atom stereocenters. The lowest BCUT2D eigenvalue weighted by Gasteiger charge is -2.06. The molecule has 1 heterocycles. The number of hydrogen-bond acceptors (Lipinski definition) is 3. The number of nitrogens with one attached hydrogen (secondary N) is 1. The Balaban J connectivity index is 1.99. The Kier molecular flexibility index (Phi) is 2.59. The topological polar surface area (TPSA) is 38.1 Å².